The predicted octanol–water partition coefficient (Wildman–Crippen LogP) is 3.39. The van der Waals surface area contributed by atoms with Crippen LogP contribution in [0.5, 0.6) is 11.5 Å². The van der Waals surface area contributed by atoms with Gasteiger partial charge in [-0.25, -0.2) is 0 Å². The van der Waals surface area contributed by atoms with Crippen LogP contribution in [-0.2, 0) is 6.42 Å². The van der Waals surface area contributed by atoms with Gasteiger partial charge in [0.05, 0.1) is 19.8 Å². The summed E-state index contributed by atoms with van der Waals surface area (Å²) in [6.07, 6.45) is -5.03. The molecule has 0 amide bonds. The molecule has 160 valence electrons. The van der Waals surface area contributed by atoms with Crippen molar-refractivity contribution >= 4 is 29.9 Å². The molecule has 0 bridgehead atoms. The molecule has 0 spiro atoms. The van der Waals surface area contributed by atoms with Crippen LogP contribution in [-0.4, -0.2) is 37.6 Å². The van der Waals surface area contributed by atoms with Crippen molar-refractivity contribution in [3.8, 4) is 11.5 Å². The number of hydrogen-bond donors (Lipinski definition) is 3. The first kappa shape index (κ1) is 24.8. The summed E-state index contributed by atoms with van der Waals surface area (Å²) in [4.78, 5) is 4.04. The number of nitrogens with two attached hydrogens (primary N) is 1. The first-order valence-corrected chi connectivity index (χ1v) is 8.47. The number of halogens is 4. The molecular formula is C19H23F3IN3O3. The molecule has 0 heterocycles. The van der Waals surface area contributed by atoms with Crippen molar-refractivity contribution in [3.63, 3.8) is 0 Å². The molecule has 0 fully saturated rings. The van der Waals surface area contributed by atoms with Crippen LogP contribution in [0.4, 0.5) is 13.2 Å². The largest absolute Gasteiger partial charge is 0.573 e. The van der Waals surface area contributed by atoms with Gasteiger partial charge in [-0.1, -0.05) is 24.3 Å². The highest BCUT2D eigenvalue weighted by Crippen LogP contribution is 2.24. The monoisotopic (exact) mass is 525 g/mol. The SMILES string of the molecule is COc1ccc(CCNC(N)=NCC(O)c2ccc(OC(F)(F)F)cc2)cc1.I. The Hall–Kier alpha value is -2.21. The average molecular weight is 525 g/mol. The fourth-order valence-corrected chi connectivity index (χ4v) is 2.36. The van der Waals surface area contributed by atoms with E-state index < -0.39 is 12.5 Å². The van der Waals surface area contributed by atoms with Crippen molar-refractivity contribution in [3.05, 3.63) is 59.7 Å². The van der Waals surface area contributed by atoms with Crippen LogP contribution in [0.25, 0.3) is 0 Å². The normalized spacial score (nSPS) is 12.7. The number of aliphatic hydroxyl groups excluding tert-OH is 1. The van der Waals surface area contributed by atoms with E-state index in [1.807, 2.05) is 24.3 Å². The molecule has 0 aliphatic heterocycles. The summed E-state index contributed by atoms with van der Waals surface area (Å²) < 4.78 is 45.3. The minimum atomic E-state index is -4.75. The van der Waals surface area contributed by atoms with Crippen molar-refractivity contribution < 1.29 is 27.8 Å². The van der Waals surface area contributed by atoms with Crippen LogP contribution in [0.15, 0.2) is 53.5 Å². The molecule has 2 aromatic rings. The van der Waals surface area contributed by atoms with Gasteiger partial charge in [0.1, 0.15) is 11.5 Å². The van der Waals surface area contributed by atoms with Crippen LogP contribution in [0.1, 0.15) is 17.2 Å². The van der Waals surface area contributed by atoms with E-state index in [0.29, 0.717) is 12.1 Å². The quantitative estimate of drug-likeness (QED) is 0.280. The standard InChI is InChI=1S/C19H22F3N3O3.HI/c1-27-15-6-2-13(3-7-15)10-11-24-18(23)25-12-17(26)14-4-8-16(9-5-14)28-19(20,21)22;/h2-9,17,26H,10-12H2,1H3,(H3,23,24,25);1H. The number of guanidine groups is 1. The van der Waals surface area contributed by atoms with Crippen LogP contribution in [0, 0.1) is 0 Å². The zero-order valence-electron chi connectivity index (χ0n) is 15.6. The summed E-state index contributed by atoms with van der Waals surface area (Å²) in [7, 11) is 1.60. The van der Waals surface area contributed by atoms with Crippen molar-refractivity contribution in [2.75, 3.05) is 20.2 Å². The minimum Gasteiger partial charge on any atom is -0.497 e. The fourth-order valence-electron chi connectivity index (χ4n) is 2.36. The molecule has 1 unspecified atom stereocenters. The van der Waals surface area contributed by atoms with Crippen LogP contribution >= 0.6 is 24.0 Å². The first-order valence-electron chi connectivity index (χ1n) is 8.47. The second-order valence-electron chi connectivity index (χ2n) is 5.88. The van der Waals surface area contributed by atoms with E-state index in [2.05, 4.69) is 15.0 Å². The van der Waals surface area contributed by atoms with Crippen molar-refractivity contribution in [2.45, 2.75) is 18.9 Å². The molecule has 4 N–H and O–H groups in total. The lowest BCUT2D eigenvalue weighted by atomic mass is 10.1. The molecule has 0 radical (unpaired) electrons. The Labute approximate surface area is 183 Å². The van der Waals surface area contributed by atoms with Crippen molar-refractivity contribution in [1.29, 1.82) is 0 Å². The molecule has 6 nitrogen and oxygen atoms in total. The maximum Gasteiger partial charge on any atom is 0.573 e. The summed E-state index contributed by atoms with van der Waals surface area (Å²) >= 11 is 0. The summed E-state index contributed by atoms with van der Waals surface area (Å²) in [5.41, 5.74) is 7.27. The Kier molecular flexibility index (Phi) is 10.0. The number of rotatable bonds is 8. The third-order valence-electron chi connectivity index (χ3n) is 3.81. The Morgan fingerprint density at radius 1 is 1.10 bits per heavy atom. The summed E-state index contributed by atoms with van der Waals surface area (Å²) in [5, 5.41) is 13.0. The molecule has 0 saturated heterocycles. The van der Waals surface area contributed by atoms with Gasteiger partial charge in [0.2, 0.25) is 0 Å². The number of alkyl halides is 3. The molecule has 0 aliphatic carbocycles. The summed E-state index contributed by atoms with van der Waals surface area (Å²) in [6.45, 7) is 0.530. The number of aliphatic hydroxyl groups is 1. The lowest BCUT2D eigenvalue weighted by molar-refractivity contribution is -0.274. The minimum absolute atomic E-state index is 0. The van der Waals surface area contributed by atoms with Gasteiger partial charge in [-0.05, 0) is 41.8 Å². The number of aliphatic imine (C=N–C) groups is 1. The van der Waals surface area contributed by atoms with E-state index in [9.17, 15) is 18.3 Å². The van der Waals surface area contributed by atoms with Crippen LogP contribution in [0.3, 0.4) is 0 Å². The van der Waals surface area contributed by atoms with E-state index in [1.54, 1.807) is 7.11 Å². The maximum absolute atomic E-state index is 12.1. The molecular weight excluding hydrogens is 502 g/mol. The van der Waals surface area contributed by atoms with Gasteiger partial charge < -0.3 is 25.6 Å². The Balaban J connectivity index is 0.00000420. The van der Waals surface area contributed by atoms with Gasteiger partial charge in [-0.2, -0.15) is 0 Å². The highest BCUT2D eigenvalue weighted by molar-refractivity contribution is 14.0. The van der Waals surface area contributed by atoms with Crippen LogP contribution in [0.2, 0.25) is 0 Å². The molecule has 29 heavy (non-hydrogen) atoms. The summed E-state index contributed by atoms with van der Waals surface area (Å²) in [5.74, 6) is 0.598. The van der Waals surface area contributed by atoms with Gasteiger partial charge in [0, 0.05) is 6.54 Å². The third kappa shape index (κ3) is 9.22. The molecule has 10 heteroatoms. The molecule has 0 aliphatic rings. The molecule has 0 saturated carbocycles. The van der Waals surface area contributed by atoms with E-state index in [1.165, 1.54) is 12.1 Å². The zero-order valence-corrected chi connectivity index (χ0v) is 18.0. The number of methoxy groups -OCH3 is 1. The van der Waals surface area contributed by atoms with E-state index in [4.69, 9.17) is 10.5 Å². The fraction of sp³-hybridized carbons (Fsp3) is 0.316. The highest BCUT2D eigenvalue weighted by atomic mass is 127. The Morgan fingerprint density at radius 3 is 2.24 bits per heavy atom. The maximum atomic E-state index is 12.1. The number of benzene rings is 2. The number of nitrogens with one attached hydrogen (secondary N) is 1. The number of hydrogen-bond acceptors (Lipinski definition) is 4. The van der Waals surface area contributed by atoms with Gasteiger partial charge in [-0.15, -0.1) is 37.1 Å². The Morgan fingerprint density at radius 2 is 1.69 bits per heavy atom. The van der Waals surface area contributed by atoms with Crippen molar-refractivity contribution in [2.24, 2.45) is 10.7 Å². The number of ether oxygens (including phenoxy) is 2. The predicted molar refractivity (Wildman–Crippen MR) is 115 cm³/mol. The van der Waals surface area contributed by atoms with E-state index in [0.717, 1.165) is 29.9 Å². The molecule has 2 aromatic carbocycles. The lowest BCUT2D eigenvalue weighted by Gasteiger charge is -2.12. The number of nitrogens with zero attached hydrogens (tertiary/aromatic N) is 1. The van der Waals surface area contributed by atoms with Gasteiger partial charge in [-0.3, -0.25) is 4.99 Å². The van der Waals surface area contributed by atoms with Gasteiger partial charge in [0.15, 0.2) is 5.96 Å². The highest BCUT2D eigenvalue weighted by Gasteiger charge is 2.31. The molecule has 2 rings (SSSR count). The smallest absolute Gasteiger partial charge is 0.497 e. The zero-order chi connectivity index (χ0) is 20.6. The lowest BCUT2D eigenvalue weighted by Crippen LogP contribution is -2.33. The van der Waals surface area contributed by atoms with Gasteiger partial charge >= 0.3 is 6.36 Å². The van der Waals surface area contributed by atoms with Crippen molar-refractivity contribution in [1.82, 2.24) is 5.32 Å². The second kappa shape index (κ2) is 11.7. The summed E-state index contributed by atoms with van der Waals surface area (Å²) in [6, 6.07) is 12.6. The average Bonchev–Trinajstić information content (AvgIpc) is 2.66. The Bertz CT molecular complexity index is 769. The van der Waals surface area contributed by atoms with E-state index >= 15 is 0 Å². The second-order valence-corrected chi connectivity index (χ2v) is 5.88. The first-order chi connectivity index (χ1) is 13.3. The van der Waals surface area contributed by atoms with Gasteiger partial charge in [0.25, 0.3) is 0 Å². The molecule has 0 aromatic heterocycles. The third-order valence-corrected chi connectivity index (χ3v) is 3.81. The van der Waals surface area contributed by atoms with Crippen LogP contribution < -0.4 is 20.5 Å². The van der Waals surface area contributed by atoms with E-state index in [-0.39, 0.29) is 42.2 Å². The topological polar surface area (TPSA) is 89.1 Å². The molecule has 1 atom stereocenters.